The molecule has 0 aliphatic carbocycles. The average Bonchev–Trinajstić information content (AvgIpc) is 2.34. The van der Waals surface area contributed by atoms with Crippen LogP contribution in [0.5, 0.6) is 5.75 Å². The normalized spacial score (nSPS) is 11.7. The van der Waals surface area contributed by atoms with Crippen LogP contribution in [-0.2, 0) is 14.3 Å². The van der Waals surface area contributed by atoms with Crippen LogP contribution >= 0.6 is 11.8 Å². The molecule has 6 heteroatoms. The summed E-state index contributed by atoms with van der Waals surface area (Å²) in [5.74, 6) is -0.366. The van der Waals surface area contributed by atoms with Crippen LogP contribution in [0.1, 0.15) is 6.92 Å². The zero-order valence-electron chi connectivity index (χ0n) is 10.2. The third-order valence-corrected chi connectivity index (χ3v) is 3.29. The number of carbonyl (C=O) groups is 2. The number of nitrogens with one attached hydrogen (secondary N) is 1. The summed E-state index contributed by atoms with van der Waals surface area (Å²) >= 11 is 1.28. The highest BCUT2D eigenvalue weighted by molar-refractivity contribution is 7.99. The maximum Gasteiger partial charge on any atom is 0.329 e. The topological polar surface area (TPSA) is 75.6 Å². The second kappa shape index (κ2) is 6.90. The lowest BCUT2D eigenvalue weighted by molar-refractivity contribution is -0.144. The first kappa shape index (κ1) is 14.4. The molecular weight excluding hydrogens is 254 g/mol. The molecular formula is C12H15NO4S. The van der Waals surface area contributed by atoms with Crippen LogP contribution in [0.25, 0.3) is 0 Å². The molecule has 2 N–H and O–H groups in total. The van der Waals surface area contributed by atoms with Crippen LogP contribution in [0.3, 0.4) is 0 Å². The van der Waals surface area contributed by atoms with Crippen molar-refractivity contribution in [1.82, 2.24) is 5.32 Å². The first-order valence-electron chi connectivity index (χ1n) is 5.30. The van der Waals surface area contributed by atoms with Gasteiger partial charge in [0.1, 0.15) is 11.8 Å². The number of esters is 1. The molecule has 0 fully saturated rings. The van der Waals surface area contributed by atoms with Gasteiger partial charge in [-0.25, -0.2) is 4.79 Å². The monoisotopic (exact) mass is 269 g/mol. The molecule has 0 saturated carbocycles. The number of amides is 1. The fraction of sp³-hybridized carbons (Fsp3) is 0.333. The van der Waals surface area contributed by atoms with Crippen molar-refractivity contribution in [1.29, 1.82) is 0 Å². The number of rotatable bonds is 5. The van der Waals surface area contributed by atoms with Crippen molar-refractivity contribution < 1.29 is 19.4 Å². The van der Waals surface area contributed by atoms with E-state index < -0.39 is 12.0 Å². The number of carbonyl (C=O) groups excluding carboxylic acids is 2. The first-order valence-corrected chi connectivity index (χ1v) is 6.29. The summed E-state index contributed by atoms with van der Waals surface area (Å²) in [6, 6.07) is 6.08. The lowest BCUT2D eigenvalue weighted by Crippen LogP contribution is -2.42. The Balaban J connectivity index is 2.64. The van der Waals surface area contributed by atoms with Crippen LogP contribution in [0.15, 0.2) is 29.2 Å². The Morgan fingerprint density at radius 1 is 1.44 bits per heavy atom. The molecule has 0 heterocycles. The van der Waals surface area contributed by atoms with E-state index >= 15 is 0 Å². The van der Waals surface area contributed by atoms with Crippen LogP contribution in [0.2, 0.25) is 0 Å². The van der Waals surface area contributed by atoms with E-state index in [2.05, 4.69) is 10.1 Å². The minimum Gasteiger partial charge on any atom is -0.507 e. The average molecular weight is 269 g/mol. The fourth-order valence-electron chi connectivity index (χ4n) is 1.31. The van der Waals surface area contributed by atoms with E-state index in [4.69, 9.17) is 0 Å². The molecule has 1 unspecified atom stereocenters. The summed E-state index contributed by atoms with van der Waals surface area (Å²) in [7, 11) is 1.27. The van der Waals surface area contributed by atoms with Gasteiger partial charge in [0.05, 0.1) is 7.11 Å². The van der Waals surface area contributed by atoms with Gasteiger partial charge in [-0.3, -0.25) is 4.79 Å². The van der Waals surface area contributed by atoms with Crippen molar-refractivity contribution in [3.05, 3.63) is 24.3 Å². The Bertz CT molecular complexity index is 436. The van der Waals surface area contributed by atoms with Gasteiger partial charge in [-0.15, -0.1) is 11.8 Å². The molecule has 1 aromatic carbocycles. The van der Waals surface area contributed by atoms with Crippen molar-refractivity contribution >= 4 is 23.6 Å². The van der Waals surface area contributed by atoms with Crippen molar-refractivity contribution in [3.63, 3.8) is 0 Å². The lowest BCUT2D eigenvalue weighted by Gasteiger charge is -2.15. The number of phenolic OH excluding ortho intramolecular Hbond substituents is 1. The van der Waals surface area contributed by atoms with Gasteiger partial charge in [0.25, 0.3) is 0 Å². The number of hydrogen-bond donors (Lipinski definition) is 2. The maximum atomic E-state index is 11.4. The standard InChI is InChI=1S/C12H15NO4S/c1-8(14)13-9(12(16)17-2)7-18-11-6-4-3-5-10(11)15/h3-6,9,15H,7H2,1-2H3,(H,13,14). The van der Waals surface area contributed by atoms with Crippen LogP contribution in [0, 0.1) is 0 Å². The van der Waals surface area contributed by atoms with Gasteiger partial charge in [-0.05, 0) is 12.1 Å². The largest absolute Gasteiger partial charge is 0.507 e. The Kier molecular flexibility index (Phi) is 5.51. The number of benzene rings is 1. The van der Waals surface area contributed by atoms with Crippen molar-refractivity contribution in [2.24, 2.45) is 0 Å². The highest BCUT2D eigenvalue weighted by Crippen LogP contribution is 2.28. The van der Waals surface area contributed by atoms with Gasteiger partial charge in [-0.1, -0.05) is 12.1 Å². The molecule has 1 rings (SSSR count). The molecule has 0 saturated heterocycles. The summed E-state index contributed by atoms with van der Waals surface area (Å²) in [5, 5.41) is 12.1. The van der Waals surface area contributed by atoms with E-state index in [9.17, 15) is 14.7 Å². The predicted molar refractivity (Wildman–Crippen MR) is 68.5 cm³/mol. The Labute approximate surface area is 110 Å². The Hall–Kier alpha value is -1.69. The molecule has 18 heavy (non-hydrogen) atoms. The Morgan fingerprint density at radius 2 is 2.11 bits per heavy atom. The van der Waals surface area contributed by atoms with Gasteiger partial charge in [0.15, 0.2) is 0 Å². The van der Waals surface area contributed by atoms with Gasteiger partial charge in [0, 0.05) is 17.6 Å². The summed E-state index contributed by atoms with van der Waals surface area (Å²) in [6.07, 6.45) is 0. The molecule has 0 aliphatic rings. The van der Waals surface area contributed by atoms with E-state index in [1.807, 2.05) is 0 Å². The van der Waals surface area contributed by atoms with Gasteiger partial charge >= 0.3 is 5.97 Å². The van der Waals surface area contributed by atoms with Gasteiger partial charge < -0.3 is 15.2 Å². The van der Waals surface area contributed by atoms with Gasteiger partial charge in [0.2, 0.25) is 5.91 Å². The summed E-state index contributed by atoms with van der Waals surface area (Å²) in [4.78, 5) is 23.1. The van der Waals surface area contributed by atoms with Gasteiger partial charge in [-0.2, -0.15) is 0 Å². The van der Waals surface area contributed by atoms with Crippen molar-refractivity contribution in [2.45, 2.75) is 17.9 Å². The van der Waals surface area contributed by atoms with E-state index in [0.29, 0.717) is 10.6 Å². The number of ether oxygens (including phenoxy) is 1. The molecule has 1 atom stereocenters. The number of aromatic hydroxyl groups is 1. The lowest BCUT2D eigenvalue weighted by atomic mass is 10.3. The first-order chi connectivity index (χ1) is 8.54. The highest BCUT2D eigenvalue weighted by Gasteiger charge is 2.20. The minimum absolute atomic E-state index is 0.147. The molecule has 1 amide bonds. The second-order valence-corrected chi connectivity index (χ2v) is 4.62. The van der Waals surface area contributed by atoms with Crippen LogP contribution in [-0.4, -0.2) is 35.9 Å². The quantitative estimate of drug-likeness (QED) is 0.620. The van der Waals surface area contributed by atoms with E-state index in [1.54, 1.807) is 24.3 Å². The van der Waals surface area contributed by atoms with Crippen molar-refractivity contribution in [3.8, 4) is 5.75 Å². The fourth-order valence-corrected chi connectivity index (χ4v) is 2.26. The summed E-state index contributed by atoms with van der Waals surface area (Å²) < 4.78 is 4.60. The summed E-state index contributed by atoms with van der Waals surface area (Å²) in [5.41, 5.74) is 0. The number of para-hydroxylation sites is 1. The minimum atomic E-state index is -0.725. The number of phenols is 1. The molecule has 0 aliphatic heterocycles. The third kappa shape index (κ3) is 4.29. The van der Waals surface area contributed by atoms with Crippen LogP contribution in [0.4, 0.5) is 0 Å². The van der Waals surface area contributed by atoms with Crippen LogP contribution < -0.4 is 5.32 Å². The molecule has 0 spiro atoms. The Morgan fingerprint density at radius 3 is 2.67 bits per heavy atom. The zero-order valence-corrected chi connectivity index (χ0v) is 11.0. The number of thioether (sulfide) groups is 1. The highest BCUT2D eigenvalue weighted by atomic mass is 32.2. The number of hydrogen-bond acceptors (Lipinski definition) is 5. The van der Waals surface area contributed by atoms with Crippen molar-refractivity contribution in [2.75, 3.05) is 12.9 Å². The zero-order chi connectivity index (χ0) is 13.5. The van der Waals surface area contributed by atoms with E-state index in [-0.39, 0.29) is 11.7 Å². The molecule has 0 bridgehead atoms. The summed E-state index contributed by atoms with van der Waals surface area (Å²) in [6.45, 7) is 1.33. The molecule has 0 radical (unpaired) electrons. The maximum absolute atomic E-state index is 11.4. The smallest absolute Gasteiger partial charge is 0.329 e. The molecule has 0 aromatic heterocycles. The third-order valence-electron chi connectivity index (χ3n) is 2.13. The predicted octanol–water partition coefficient (Wildman–Crippen LogP) is 1.16. The SMILES string of the molecule is COC(=O)C(CSc1ccccc1O)NC(C)=O. The van der Waals surface area contributed by atoms with E-state index in [1.165, 1.54) is 25.8 Å². The molecule has 98 valence electrons. The molecule has 1 aromatic rings. The number of methoxy groups -OCH3 is 1. The second-order valence-electron chi connectivity index (χ2n) is 3.55. The van der Waals surface area contributed by atoms with E-state index in [0.717, 1.165) is 0 Å². The molecule has 5 nitrogen and oxygen atoms in total.